The van der Waals surface area contributed by atoms with Crippen LogP contribution in [0.3, 0.4) is 0 Å². The fourth-order valence-corrected chi connectivity index (χ4v) is 2.27. The van der Waals surface area contributed by atoms with Crippen LogP contribution < -0.4 is 4.74 Å². The molecule has 0 spiro atoms. The van der Waals surface area contributed by atoms with Crippen molar-refractivity contribution in [2.45, 2.75) is 5.50 Å². The molecule has 0 N–H and O–H groups in total. The number of thiazole rings is 1. The van der Waals surface area contributed by atoms with Crippen molar-refractivity contribution in [3.63, 3.8) is 0 Å². The van der Waals surface area contributed by atoms with Gasteiger partial charge in [0.1, 0.15) is 16.3 Å². The van der Waals surface area contributed by atoms with Crippen molar-refractivity contribution in [3.05, 3.63) is 23.2 Å². The summed E-state index contributed by atoms with van der Waals surface area (Å²) >= 11 is 4.99. The molecular weight excluding hydrogens is 221 g/mol. The van der Waals surface area contributed by atoms with Crippen molar-refractivity contribution < 1.29 is 9.13 Å². The number of hydrogen-bond acceptors (Lipinski definition) is 4. The molecule has 0 bridgehead atoms. The number of nitrogens with zero attached hydrogens (tertiary/aromatic N) is 1. The molecule has 0 aliphatic heterocycles. The van der Waals surface area contributed by atoms with Crippen LogP contribution in [0.4, 0.5) is 4.39 Å². The number of ether oxygens (including phenoxy) is 1. The van der Waals surface area contributed by atoms with Crippen molar-refractivity contribution in [1.82, 2.24) is 4.98 Å². The van der Waals surface area contributed by atoms with Crippen LogP contribution in [0.15, 0.2) is 18.2 Å². The molecule has 1 aromatic heterocycles. The third-order valence-corrected chi connectivity index (χ3v) is 3.30. The fraction of sp³-hybridized carbons (Fsp3) is 0.222. The highest BCUT2D eigenvalue weighted by Gasteiger charge is 2.12. The van der Waals surface area contributed by atoms with Gasteiger partial charge in [0.2, 0.25) is 0 Å². The van der Waals surface area contributed by atoms with Gasteiger partial charge in [0, 0.05) is 0 Å². The number of rotatable bonds is 2. The standard InChI is InChI=1S/C9H8FNOS2/c1-12-5-3-2-4-6-7(5)11-9(14-6)8(10)13/h2-4,8,13H,1H3. The van der Waals surface area contributed by atoms with E-state index in [9.17, 15) is 4.39 Å². The van der Waals surface area contributed by atoms with E-state index in [0.29, 0.717) is 16.3 Å². The number of methoxy groups -OCH3 is 1. The highest BCUT2D eigenvalue weighted by molar-refractivity contribution is 7.80. The maximum atomic E-state index is 12.9. The molecule has 14 heavy (non-hydrogen) atoms. The van der Waals surface area contributed by atoms with Crippen molar-refractivity contribution in [1.29, 1.82) is 0 Å². The Morgan fingerprint density at radius 1 is 1.57 bits per heavy atom. The molecule has 0 amide bonds. The lowest BCUT2D eigenvalue weighted by Crippen LogP contribution is -1.84. The summed E-state index contributed by atoms with van der Waals surface area (Å²) in [5.41, 5.74) is -0.621. The summed E-state index contributed by atoms with van der Waals surface area (Å²) in [5, 5.41) is 0.368. The Morgan fingerprint density at radius 3 is 3.00 bits per heavy atom. The van der Waals surface area contributed by atoms with Gasteiger partial charge in [-0.2, -0.15) is 0 Å². The van der Waals surface area contributed by atoms with Gasteiger partial charge in [-0.3, -0.25) is 0 Å². The van der Waals surface area contributed by atoms with Gasteiger partial charge in [-0.15, -0.1) is 24.0 Å². The Kier molecular flexibility index (Phi) is 2.60. The molecule has 0 radical (unpaired) electrons. The number of aromatic nitrogens is 1. The zero-order valence-corrected chi connectivity index (χ0v) is 9.11. The van der Waals surface area contributed by atoms with Crippen LogP contribution in [-0.4, -0.2) is 12.1 Å². The molecule has 0 saturated carbocycles. The van der Waals surface area contributed by atoms with Gasteiger partial charge < -0.3 is 4.74 Å². The zero-order chi connectivity index (χ0) is 10.1. The van der Waals surface area contributed by atoms with Crippen molar-refractivity contribution in [2.24, 2.45) is 0 Å². The van der Waals surface area contributed by atoms with E-state index in [2.05, 4.69) is 17.6 Å². The average Bonchev–Trinajstić information content (AvgIpc) is 2.60. The first-order chi connectivity index (χ1) is 6.72. The van der Waals surface area contributed by atoms with Crippen LogP contribution >= 0.6 is 24.0 Å². The van der Waals surface area contributed by atoms with E-state index in [1.807, 2.05) is 12.1 Å². The highest BCUT2D eigenvalue weighted by atomic mass is 32.1. The summed E-state index contributed by atoms with van der Waals surface area (Å²) in [6, 6.07) is 5.54. The van der Waals surface area contributed by atoms with Gasteiger partial charge >= 0.3 is 0 Å². The molecule has 1 unspecified atom stereocenters. The lowest BCUT2D eigenvalue weighted by molar-refractivity contribution is 0.418. The Hall–Kier alpha value is -0.810. The topological polar surface area (TPSA) is 22.1 Å². The van der Waals surface area contributed by atoms with E-state index in [4.69, 9.17) is 4.74 Å². The Bertz CT molecular complexity index is 455. The highest BCUT2D eigenvalue weighted by Crippen LogP contribution is 2.34. The molecular formula is C9H8FNOS2. The molecule has 1 aromatic carbocycles. The molecule has 74 valence electrons. The SMILES string of the molecule is COc1cccc2sc(C(F)S)nc12. The molecule has 0 aliphatic rings. The van der Waals surface area contributed by atoms with Crippen LogP contribution in [0.25, 0.3) is 10.2 Å². The average molecular weight is 229 g/mol. The minimum atomic E-state index is -1.32. The van der Waals surface area contributed by atoms with E-state index in [1.165, 1.54) is 11.3 Å². The monoisotopic (exact) mass is 229 g/mol. The van der Waals surface area contributed by atoms with Gasteiger partial charge in [-0.1, -0.05) is 6.07 Å². The number of thiol groups is 1. The van der Waals surface area contributed by atoms with Gasteiger partial charge in [0.05, 0.1) is 11.8 Å². The number of benzene rings is 1. The Balaban J connectivity index is 2.64. The molecule has 0 aliphatic carbocycles. The van der Waals surface area contributed by atoms with E-state index in [1.54, 1.807) is 13.2 Å². The molecule has 0 fully saturated rings. The first-order valence-corrected chi connectivity index (χ1v) is 5.31. The minimum Gasteiger partial charge on any atom is -0.494 e. The van der Waals surface area contributed by atoms with E-state index in [0.717, 1.165) is 4.70 Å². The molecule has 2 rings (SSSR count). The molecule has 2 nitrogen and oxygen atoms in total. The second kappa shape index (κ2) is 3.74. The normalized spacial score (nSPS) is 13.1. The van der Waals surface area contributed by atoms with Gasteiger partial charge in [-0.05, 0) is 12.1 Å². The predicted molar refractivity (Wildman–Crippen MR) is 59.0 cm³/mol. The van der Waals surface area contributed by atoms with Crippen molar-refractivity contribution in [3.8, 4) is 5.75 Å². The summed E-state index contributed by atoms with van der Waals surface area (Å²) in [7, 11) is 1.57. The van der Waals surface area contributed by atoms with Gasteiger partial charge in [0.25, 0.3) is 0 Å². The lowest BCUT2D eigenvalue weighted by Gasteiger charge is -1.98. The van der Waals surface area contributed by atoms with Crippen molar-refractivity contribution in [2.75, 3.05) is 7.11 Å². The zero-order valence-electron chi connectivity index (χ0n) is 7.40. The van der Waals surface area contributed by atoms with Crippen LogP contribution in [0.1, 0.15) is 10.5 Å². The number of fused-ring (bicyclic) bond motifs is 1. The maximum absolute atomic E-state index is 12.9. The van der Waals surface area contributed by atoms with E-state index < -0.39 is 5.50 Å². The number of halogens is 1. The molecule has 1 heterocycles. The second-order valence-electron chi connectivity index (χ2n) is 2.69. The summed E-state index contributed by atoms with van der Waals surface area (Å²) in [6.07, 6.45) is 0. The first-order valence-electron chi connectivity index (χ1n) is 3.98. The molecule has 1 atom stereocenters. The van der Waals surface area contributed by atoms with E-state index >= 15 is 0 Å². The molecule has 5 heteroatoms. The Labute approximate surface area is 90.1 Å². The summed E-state index contributed by atoms with van der Waals surface area (Å²) < 4.78 is 18.9. The number of alkyl halides is 1. The third kappa shape index (κ3) is 1.57. The van der Waals surface area contributed by atoms with Crippen LogP contribution in [0.2, 0.25) is 0 Å². The fourth-order valence-electron chi connectivity index (χ4n) is 1.21. The van der Waals surface area contributed by atoms with Crippen LogP contribution in [0, 0.1) is 0 Å². The van der Waals surface area contributed by atoms with Gasteiger partial charge in [-0.25, -0.2) is 9.37 Å². The van der Waals surface area contributed by atoms with E-state index in [-0.39, 0.29) is 0 Å². The minimum absolute atomic E-state index is 0.368. The van der Waals surface area contributed by atoms with Crippen molar-refractivity contribution >= 4 is 34.2 Å². The smallest absolute Gasteiger partial charge is 0.194 e. The largest absolute Gasteiger partial charge is 0.494 e. The maximum Gasteiger partial charge on any atom is 0.194 e. The number of hydrogen-bond donors (Lipinski definition) is 1. The first kappa shape index (κ1) is 9.73. The van der Waals surface area contributed by atoms with Gasteiger partial charge in [0.15, 0.2) is 5.50 Å². The molecule has 0 saturated heterocycles. The second-order valence-corrected chi connectivity index (χ2v) is 4.21. The Morgan fingerprint density at radius 2 is 2.36 bits per heavy atom. The third-order valence-electron chi connectivity index (χ3n) is 1.82. The van der Waals surface area contributed by atoms with Crippen LogP contribution in [-0.2, 0) is 0 Å². The summed E-state index contributed by atoms with van der Waals surface area (Å²) in [5.74, 6) is 0.666. The molecule has 2 aromatic rings. The number of para-hydroxylation sites is 1. The van der Waals surface area contributed by atoms with Crippen LogP contribution in [0.5, 0.6) is 5.75 Å². The summed E-state index contributed by atoms with van der Waals surface area (Å²) in [4.78, 5) is 4.13. The predicted octanol–water partition coefficient (Wildman–Crippen LogP) is 3.20. The summed E-state index contributed by atoms with van der Waals surface area (Å²) in [6.45, 7) is 0. The lowest BCUT2D eigenvalue weighted by atomic mass is 10.3. The quantitative estimate of drug-likeness (QED) is 0.799.